The van der Waals surface area contributed by atoms with Crippen molar-refractivity contribution in [1.29, 1.82) is 0 Å². The van der Waals surface area contributed by atoms with E-state index in [1.807, 2.05) is 12.3 Å². The number of carbonyl (C=O) groups excluding carboxylic acids is 2. The SMILES string of the molecule is C=CCCCCCCCC(=O)NC(C=O)CCSC. The minimum absolute atomic E-state index is 0.00398. The summed E-state index contributed by atoms with van der Waals surface area (Å²) in [7, 11) is 0. The minimum atomic E-state index is -0.312. The van der Waals surface area contributed by atoms with Crippen LogP contribution in [0.4, 0.5) is 0 Å². The van der Waals surface area contributed by atoms with E-state index < -0.39 is 0 Å². The van der Waals surface area contributed by atoms with Gasteiger partial charge in [-0.1, -0.05) is 25.3 Å². The third-order valence-electron chi connectivity index (χ3n) is 2.96. The highest BCUT2D eigenvalue weighted by atomic mass is 32.2. The number of hydrogen-bond donors (Lipinski definition) is 1. The van der Waals surface area contributed by atoms with E-state index in [0.29, 0.717) is 6.42 Å². The second-order valence-electron chi connectivity index (χ2n) is 4.69. The molecule has 1 N–H and O–H groups in total. The number of amides is 1. The lowest BCUT2D eigenvalue weighted by Gasteiger charge is -2.11. The fraction of sp³-hybridized carbons (Fsp3) is 0.733. The summed E-state index contributed by atoms with van der Waals surface area (Å²) in [6, 6.07) is -0.312. The van der Waals surface area contributed by atoms with Crippen LogP contribution in [-0.2, 0) is 9.59 Å². The standard InChI is InChI=1S/C15H27NO2S/c1-3-4-5-6-7-8-9-10-15(18)16-14(13-17)11-12-19-2/h3,13-14H,1,4-12H2,2H3,(H,16,18). The zero-order chi connectivity index (χ0) is 14.3. The maximum Gasteiger partial charge on any atom is 0.220 e. The zero-order valence-electron chi connectivity index (χ0n) is 12.0. The Balaban J connectivity index is 3.51. The lowest BCUT2D eigenvalue weighted by molar-refractivity contribution is -0.124. The molecule has 3 nitrogen and oxygen atoms in total. The van der Waals surface area contributed by atoms with Crippen molar-refractivity contribution in [3.05, 3.63) is 12.7 Å². The quantitative estimate of drug-likeness (QED) is 0.321. The first-order valence-electron chi connectivity index (χ1n) is 7.09. The molecule has 0 saturated carbocycles. The molecule has 110 valence electrons. The number of thioether (sulfide) groups is 1. The highest BCUT2D eigenvalue weighted by Crippen LogP contribution is 2.07. The first-order chi connectivity index (χ1) is 9.24. The van der Waals surface area contributed by atoms with Gasteiger partial charge in [-0.15, -0.1) is 6.58 Å². The molecule has 0 bridgehead atoms. The van der Waals surface area contributed by atoms with Crippen LogP contribution in [-0.4, -0.2) is 30.2 Å². The summed E-state index contributed by atoms with van der Waals surface area (Å²) in [5, 5.41) is 2.78. The number of aldehydes is 1. The van der Waals surface area contributed by atoms with Gasteiger partial charge in [0.25, 0.3) is 0 Å². The predicted octanol–water partition coefficient (Wildman–Crippen LogP) is 3.34. The van der Waals surface area contributed by atoms with Gasteiger partial charge >= 0.3 is 0 Å². The lowest BCUT2D eigenvalue weighted by Crippen LogP contribution is -2.36. The molecule has 0 aliphatic heterocycles. The van der Waals surface area contributed by atoms with Crippen molar-refractivity contribution in [1.82, 2.24) is 5.32 Å². The average molecular weight is 285 g/mol. The number of nitrogens with one attached hydrogen (secondary N) is 1. The van der Waals surface area contributed by atoms with Gasteiger partial charge in [0.05, 0.1) is 6.04 Å². The molecular weight excluding hydrogens is 258 g/mol. The maximum absolute atomic E-state index is 11.6. The van der Waals surface area contributed by atoms with Gasteiger partial charge in [0, 0.05) is 6.42 Å². The molecule has 0 aromatic heterocycles. The number of allylic oxidation sites excluding steroid dienone is 1. The summed E-state index contributed by atoms with van der Waals surface area (Å²) in [5.74, 6) is 0.900. The van der Waals surface area contributed by atoms with Gasteiger partial charge in [-0.05, 0) is 37.7 Å². The molecular formula is C15H27NO2S. The lowest BCUT2D eigenvalue weighted by atomic mass is 10.1. The van der Waals surface area contributed by atoms with E-state index in [1.165, 1.54) is 19.3 Å². The average Bonchev–Trinajstić information content (AvgIpc) is 2.42. The van der Waals surface area contributed by atoms with Crippen molar-refractivity contribution < 1.29 is 9.59 Å². The van der Waals surface area contributed by atoms with Crippen LogP contribution < -0.4 is 5.32 Å². The molecule has 19 heavy (non-hydrogen) atoms. The van der Waals surface area contributed by atoms with E-state index in [4.69, 9.17) is 0 Å². The van der Waals surface area contributed by atoms with E-state index in [-0.39, 0.29) is 11.9 Å². The molecule has 0 aromatic carbocycles. The van der Waals surface area contributed by atoms with Crippen molar-refractivity contribution >= 4 is 24.0 Å². The molecule has 0 aliphatic rings. The van der Waals surface area contributed by atoms with E-state index in [0.717, 1.165) is 37.7 Å². The van der Waals surface area contributed by atoms with Gasteiger partial charge in [0.1, 0.15) is 6.29 Å². The third kappa shape index (κ3) is 12.0. The van der Waals surface area contributed by atoms with Gasteiger partial charge in [0.15, 0.2) is 0 Å². The molecule has 0 rings (SSSR count). The molecule has 0 saturated heterocycles. The molecule has 0 aromatic rings. The Hall–Kier alpha value is -0.770. The van der Waals surface area contributed by atoms with Gasteiger partial charge in [-0.3, -0.25) is 4.79 Å². The van der Waals surface area contributed by atoms with Crippen LogP contribution in [0.15, 0.2) is 12.7 Å². The van der Waals surface area contributed by atoms with Crippen molar-refractivity contribution in [2.75, 3.05) is 12.0 Å². The van der Waals surface area contributed by atoms with E-state index >= 15 is 0 Å². The van der Waals surface area contributed by atoms with E-state index in [2.05, 4.69) is 11.9 Å². The van der Waals surface area contributed by atoms with Crippen molar-refractivity contribution in [3.8, 4) is 0 Å². The van der Waals surface area contributed by atoms with Crippen molar-refractivity contribution in [2.45, 2.75) is 57.4 Å². The highest BCUT2D eigenvalue weighted by molar-refractivity contribution is 7.98. The summed E-state index contributed by atoms with van der Waals surface area (Å²) >= 11 is 1.69. The Morgan fingerprint density at radius 2 is 1.95 bits per heavy atom. The topological polar surface area (TPSA) is 46.2 Å². The second kappa shape index (κ2) is 13.7. The van der Waals surface area contributed by atoms with Crippen LogP contribution in [0.1, 0.15) is 51.4 Å². The summed E-state index contributed by atoms with van der Waals surface area (Å²) in [4.78, 5) is 22.4. The first-order valence-corrected chi connectivity index (χ1v) is 8.48. The molecule has 0 spiro atoms. The number of unbranched alkanes of at least 4 members (excludes halogenated alkanes) is 5. The van der Waals surface area contributed by atoms with Gasteiger partial charge in [-0.2, -0.15) is 11.8 Å². The predicted molar refractivity (Wildman–Crippen MR) is 83.5 cm³/mol. The van der Waals surface area contributed by atoms with Crippen LogP contribution in [0.25, 0.3) is 0 Å². The van der Waals surface area contributed by atoms with Gasteiger partial charge in [0.2, 0.25) is 5.91 Å². The van der Waals surface area contributed by atoms with Gasteiger partial charge < -0.3 is 10.1 Å². The maximum atomic E-state index is 11.6. The van der Waals surface area contributed by atoms with Crippen LogP contribution in [0.5, 0.6) is 0 Å². The summed E-state index contributed by atoms with van der Waals surface area (Å²) in [6.45, 7) is 3.69. The highest BCUT2D eigenvalue weighted by Gasteiger charge is 2.10. The van der Waals surface area contributed by atoms with Crippen LogP contribution >= 0.6 is 11.8 Å². The molecule has 4 heteroatoms. The first kappa shape index (κ1) is 18.2. The minimum Gasteiger partial charge on any atom is -0.347 e. The fourth-order valence-corrected chi connectivity index (χ4v) is 2.29. The van der Waals surface area contributed by atoms with Crippen LogP contribution in [0.2, 0.25) is 0 Å². The Bertz CT molecular complexity index is 257. The molecule has 1 atom stereocenters. The zero-order valence-corrected chi connectivity index (χ0v) is 12.8. The summed E-state index contributed by atoms with van der Waals surface area (Å²) < 4.78 is 0. The number of hydrogen-bond acceptors (Lipinski definition) is 3. The summed E-state index contributed by atoms with van der Waals surface area (Å²) in [6.07, 6.45) is 12.7. The Morgan fingerprint density at radius 3 is 2.58 bits per heavy atom. The molecule has 0 fully saturated rings. The molecule has 1 amide bonds. The van der Waals surface area contributed by atoms with E-state index in [9.17, 15) is 9.59 Å². The third-order valence-corrected chi connectivity index (χ3v) is 3.60. The second-order valence-corrected chi connectivity index (χ2v) is 5.67. The molecule has 0 radical (unpaired) electrons. The number of carbonyl (C=O) groups is 2. The normalized spacial score (nSPS) is 11.8. The monoisotopic (exact) mass is 285 g/mol. The molecule has 1 unspecified atom stereocenters. The van der Waals surface area contributed by atoms with Crippen molar-refractivity contribution in [2.24, 2.45) is 0 Å². The Morgan fingerprint density at radius 1 is 1.26 bits per heavy atom. The smallest absolute Gasteiger partial charge is 0.220 e. The van der Waals surface area contributed by atoms with E-state index in [1.54, 1.807) is 11.8 Å². The Labute approximate surface area is 121 Å². The van der Waals surface area contributed by atoms with Crippen LogP contribution in [0, 0.1) is 0 Å². The molecule has 0 heterocycles. The van der Waals surface area contributed by atoms with Crippen molar-refractivity contribution in [3.63, 3.8) is 0 Å². The molecule has 0 aliphatic carbocycles. The van der Waals surface area contributed by atoms with Crippen LogP contribution in [0.3, 0.4) is 0 Å². The fourth-order valence-electron chi connectivity index (χ4n) is 1.80. The Kier molecular flexibility index (Phi) is 13.1. The summed E-state index contributed by atoms with van der Waals surface area (Å²) in [5.41, 5.74) is 0. The number of rotatable bonds is 13. The largest absolute Gasteiger partial charge is 0.347 e. The van der Waals surface area contributed by atoms with Gasteiger partial charge in [-0.25, -0.2) is 0 Å².